The van der Waals surface area contributed by atoms with E-state index in [0.29, 0.717) is 50.5 Å². The molecule has 0 saturated heterocycles. The van der Waals surface area contributed by atoms with Gasteiger partial charge in [-0.3, -0.25) is 9.48 Å². The van der Waals surface area contributed by atoms with Crippen molar-refractivity contribution in [1.29, 1.82) is 0 Å². The van der Waals surface area contributed by atoms with Gasteiger partial charge in [0.25, 0.3) is 5.91 Å². The maximum absolute atomic E-state index is 13.5. The van der Waals surface area contributed by atoms with E-state index in [1.807, 2.05) is 20.0 Å². The number of aryl methyl sites for hydroxylation is 2. The summed E-state index contributed by atoms with van der Waals surface area (Å²) in [5, 5.41) is 16.8. The number of benzene rings is 2. The molecule has 1 fully saturated rings. The van der Waals surface area contributed by atoms with Crippen LogP contribution < -0.4 is 14.4 Å². The van der Waals surface area contributed by atoms with E-state index in [1.165, 1.54) is 17.5 Å². The summed E-state index contributed by atoms with van der Waals surface area (Å²) in [7, 11) is -2.16. The van der Waals surface area contributed by atoms with Crippen LogP contribution in [0.25, 0.3) is 0 Å². The number of sulfonamides is 1. The second-order valence-electron chi connectivity index (χ2n) is 14.4. The molecule has 2 N–H and O–H groups in total. The monoisotopic (exact) mass is 681 g/mol. The van der Waals surface area contributed by atoms with Crippen LogP contribution in [-0.2, 0) is 34.5 Å². The molecule has 1 spiro atoms. The molecule has 6 atom stereocenters. The lowest BCUT2D eigenvalue weighted by atomic mass is 9.62. The second kappa shape index (κ2) is 12.1. The quantitative estimate of drug-likeness (QED) is 0.362. The first-order valence-corrected chi connectivity index (χ1v) is 18.8. The fraction of sp³-hybridized carbons (Fsp3) is 0.571. The van der Waals surface area contributed by atoms with Crippen LogP contribution in [0.4, 0.5) is 5.69 Å². The number of carbonyl (C=O) groups is 1. The van der Waals surface area contributed by atoms with Gasteiger partial charge in [-0.05, 0) is 118 Å². The second-order valence-corrected chi connectivity index (χ2v) is 16.9. The first-order chi connectivity index (χ1) is 22.4. The summed E-state index contributed by atoms with van der Waals surface area (Å²) < 4.78 is 37.5. The van der Waals surface area contributed by atoms with Crippen LogP contribution in [0.1, 0.15) is 86.1 Å². The van der Waals surface area contributed by atoms with Gasteiger partial charge in [0.15, 0.2) is 5.82 Å². The van der Waals surface area contributed by atoms with Crippen molar-refractivity contribution in [3.8, 4) is 5.75 Å². The lowest BCUT2D eigenvalue weighted by Gasteiger charge is -2.49. The van der Waals surface area contributed by atoms with Crippen LogP contribution in [-0.4, -0.2) is 59.1 Å². The van der Waals surface area contributed by atoms with Crippen LogP contribution in [0.2, 0.25) is 5.02 Å². The van der Waals surface area contributed by atoms with E-state index in [0.717, 1.165) is 42.8 Å². The average Bonchev–Trinajstić information content (AvgIpc) is 3.40. The lowest BCUT2D eigenvalue weighted by molar-refractivity contribution is -0.103. The number of hydrogen-bond donors (Lipinski definition) is 2. The normalized spacial score (nSPS) is 32.3. The molecule has 0 radical (unpaired) electrons. The SMILES string of the molecule is C[C@@H]1[C@@H](C)CCC[C@](O)(c2ncnn2C)[C@@H]2CC[C@H]2CN2C[C@@]3(CCCc4cc(Cl)ccc43)COc3ccc(cc32)C(=O)NS1(=O)=O. The Morgan fingerprint density at radius 2 is 1.91 bits per heavy atom. The highest BCUT2D eigenvalue weighted by Crippen LogP contribution is 2.51. The van der Waals surface area contributed by atoms with Gasteiger partial charge in [-0.1, -0.05) is 24.6 Å². The number of aliphatic hydroxyl groups is 1. The van der Waals surface area contributed by atoms with Gasteiger partial charge in [0.1, 0.15) is 17.7 Å². The third kappa shape index (κ3) is 5.72. The molecule has 2 aromatic carbocycles. The van der Waals surface area contributed by atoms with E-state index in [9.17, 15) is 18.3 Å². The predicted octanol–water partition coefficient (Wildman–Crippen LogP) is 5.12. The topological polar surface area (TPSA) is 127 Å². The fourth-order valence-corrected chi connectivity index (χ4v) is 10.1. The summed E-state index contributed by atoms with van der Waals surface area (Å²) in [6, 6.07) is 11.4. The van der Waals surface area contributed by atoms with Crippen LogP contribution in [0, 0.1) is 17.8 Å². The number of halogens is 1. The number of anilines is 1. The zero-order valence-corrected chi connectivity index (χ0v) is 28.9. The molecule has 2 aliphatic carbocycles. The van der Waals surface area contributed by atoms with Gasteiger partial charge in [0.05, 0.1) is 17.5 Å². The maximum atomic E-state index is 13.5. The van der Waals surface area contributed by atoms with Crippen molar-refractivity contribution in [2.75, 3.05) is 24.6 Å². The van der Waals surface area contributed by atoms with Crippen molar-refractivity contribution in [1.82, 2.24) is 19.5 Å². The number of rotatable bonds is 1. The van der Waals surface area contributed by atoms with Crippen molar-refractivity contribution in [3.63, 3.8) is 0 Å². The van der Waals surface area contributed by atoms with Crippen LogP contribution in [0.15, 0.2) is 42.7 Å². The third-order valence-electron chi connectivity index (χ3n) is 11.6. The van der Waals surface area contributed by atoms with Crippen LogP contribution in [0.3, 0.4) is 0 Å². The minimum Gasteiger partial charge on any atom is -0.490 e. The van der Waals surface area contributed by atoms with Gasteiger partial charge in [0.2, 0.25) is 10.0 Å². The summed E-state index contributed by atoms with van der Waals surface area (Å²) >= 11 is 6.44. The number of aromatic nitrogens is 3. The molecule has 252 valence electrons. The van der Waals surface area contributed by atoms with E-state index >= 15 is 0 Å². The van der Waals surface area contributed by atoms with Gasteiger partial charge in [-0.25, -0.2) is 18.1 Å². The molecular formula is C35H44ClN5O5S. The smallest absolute Gasteiger partial charge is 0.264 e. The minimum atomic E-state index is -3.97. The maximum Gasteiger partial charge on any atom is 0.264 e. The Bertz CT molecular complexity index is 1800. The number of nitrogens with one attached hydrogen (secondary N) is 1. The fourth-order valence-electron chi connectivity index (χ4n) is 8.62. The number of ether oxygens (including phenoxy) is 1. The van der Waals surface area contributed by atoms with E-state index < -0.39 is 26.8 Å². The summed E-state index contributed by atoms with van der Waals surface area (Å²) in [6.07, 6.45) is 7.78. The van der Waals surface area contributed by atoms with E-state index in [-0.39, 0.29) is 28.7 Å². The van der Waals surface area contributed by atoms with Gasteiger partial charge < -0.3 is 14.7 Å². The number of hydrogen-bond acceptors (Lipinski definition) is 8. The van der Waals surface area contributed by atoms with E-state index in [2.05, 4.69) is 31.8 Å². The first-order valence-electron chi connectivity index (χ1n) is 16.8. The lowest BCUT2D eigenvalue weighted by Crippen LogP contribution is -2.52. The Hall–Kier alpha value is -3.15. The average molecular weight is 682 g/mol. The summed E-state index contributed by atoms with van der Waals surface area (Å²) in [4.78, 5) is 20.4. The van der Waals surface area contributed by atoms with Crippen molar-refractivity contribution >= 4 is 33.2 Å². The number of nitrogens with zero attached hydrogens (tertiary/aromatic N) is 4. The number of fused-ring (bicyclic) bond motifs is 4. The van der Waals surface area contributed by atoms with E-state index in [4.69, 9.17) is 16.3 Å². The Morgan fingerprint density at radius 1 is 1.09 bits per heavy atom. The summed E-state index contributed by atoms with van der Waals surface area (Å²) in [5.41, 5.74) is 1.96. The highest BCUT2D eigenvalue weighted by Gasteiger charge is 2.51. The Labute approximate surface area is 281 Å². The van der Waals surface area contributed by atoms with Gasteiger partial charge in [-0.2, -0.15) is 5.10 Å². The Morgan fingerprint density at radius 3 is 2.66 bits per heavy atom. The third-order valence-corrected chi connectivity index (χ3v) is 13.8. The van der Waals surface area contributed by atoms with Crippen molar-refractivity contribution in [3.05, 3.63) is 70.3 Å². The van der Waals surface area contributed by atoms with Gasteiger partial charge in [-0.15, -0.1) is 0 Å². The first kappa shape index (κ1) is 32.4. The number of amides is 1. The highest BCUT2D eigenvalue weighted by atomic mass is 35.5. The molecule has 10 nitrogen and oxygen atoms in total. The zero-order valence-electron chi connectivity index (χ0n) is 27.3. The minimum absolute atomic E-state index is 0.0673. The van der Waals surface area contributed by atoms with Crippen LogP contribution in [0.5, 0.6) is 5.75 Å². The Balaban J connectivity index is 1.34. The molecule has 2 bridgehead atoms. The summed E-state index contributed by atoms with van der Waals surface area (Å²) in [6.45, 7) is 5.29. The molecule has 7 rings (SSSR count). The molecule has 2 aliphatic heterocycles. The highest BCUT2D eigenvalue weighted by molar-refractivity contribution is 7.90. The largest absolute Gasteiger partial charge is 0.490 e. The molecule has 3 heterocycles. The van der Waals surface area contributed by atoms with E-state index in [1.54, 1.807) is 29.8 Å². The molecule has 47 heavy (non-hydrogen) atoms. The van der Waals surface area contributed by atoms with Crippen molar-refractivity contribution in [2.45, 2.75) is 81.5 Å². The predicted molar refractivity (Wildman–Crippen MR) is 180 cm³/mol. The van der Waals surface area contributed by atoms with Crippen LogP contribution >= 0.6 is 11.6 Å². The van der Waals surface area contributed by atoms with Crippen molar-refractivity contribution < 1.29 is 23.1 Å². The molecule has 0 unspecified atom stereocenters. The molecule has 1 amide bonds. The molecule has 1 saturated carbocycles. The zero-order chi connectivity index (χ0) is 33.1. The summed E-state index contributed by atoms with van der Waals surface area (Å²) in [5.74, 6) is 0.399. The molecular weight excluding hydrogens is 638 g/mol. The molecule has 12 heteroatoms. The Kier molecular flexibility index (Phi) is 8.32. The van der Waals surface area contributed by atoms with Gasteiger partial charge in [0, 0.05) is 36.1 Å². The standard InChI is InChI=1S/C35H44ClN5O5S/c1-22-6-4-15-35(43,33-37-21-38-40(33)3)29-11-8-26(29)18-41-19-34(14-5-7-24-16-27(36)10-12-28(24)34)20-46-31-13-9-25(17-30(31)41)32(42)39-47(44,45)23(22)2/h9-10,12-13,16-17,21-23,26,29,43H,4-8,11,14-15,18-20H2,1-3H3,(H,39,42)/t22-,23+,26-,29+,34-,35+/m0/s1. The van der Waals surface area contributed by atoms with Gasteiger partial charge >= 0.3 is 0 Å². The number of carbonyl (C=O) groups excluding carboxylic acids is 1. The molecule has 3 aromatic rings. The molecule has 1 aromatic heterocycles. The van der Waals surface area contributed by atoms with Crippen molar-refractivity contribution in [2.24, 2.45) is 24.8 Å². The molecule has 4 aliphatic rings.